The zero-order valence-electron chi connectivity index (χ0n) is 10.8. The molecule has 4 rings (SSSR count). The van der Waals surface area contributed by atoms with Gasteiger partial charge < -0.3 is 4.74 Å². The van der Waals surface area contributed by atoms with Gasteiger partial charge in [0.1, 0.15) is 0 Å². The highest BCUT2D eigenvalue weighted by atomic mass is 16.5. The Morgan fingerprint density at radius 3 is 2.65 bits per heavy atom. The van der Waals surface area contributed by atoms with Crippen molar-refractivity contribution in [3.05, 3.63) is 72.1 Å². The van der Waals surface area contributed by atoms with Crippen molar-refractivity contribution in [3.63, 3.8) is 0 Å². The van der Waals surface area contributed by atoms with Gasteiger partial charge in [-0.1, -0.05) is 24.3 Å². The summed E-state index contributed by atoms with van der Waals surface area (Å²) in [6.45, 7) is 0. The van der Waals surface area contributed by atoms with Crippen LogP contribution in [-0.2, 0) is 0 Å². The molecular formula is C17H13N2O+. The van der Waals surface area contributed by atoms with Gasteiger partial charge in [-0.15, -0.1) is 0 Å². The summed E-state index contributed by atoms with van der Waals surface area (Å²) in [6.07, 6.45) is 5.93. The molecule has 1 aromatic heterocycles. The molecule has 0 spiro atoms. The third kappa shape index (κ3) is 1.84. The van der Waals surface area contributed by atoms with E-state index >= 15 is 0 Å². The van der Waals surface area contributed by atoms with Crippen molar-refractivity contribution in [1.82, 2.24) is 9.97 Å². The second-order valence-corrected chi connectivity index (χ2v) is 4.78. The molecule has 2 heterocycles. The monoisotopic (exact) mass is 261 g/mol. The third-order valence-electron chi connectivity index (χ3n) is 3.44. The lowest BCUT2D eigenvalue weighted by Gasteiger charge is -2.18. The van der Waals surface area contributed by atoms with Crippen LogP contribution >= 0.6 is 0 Å². The number of hydrogen-bond acceptors (Lipinski definition) is 2. The molecule has 2 aromatic carbocycles. The SMILES string of the molecule is C1=CC(c2cnc3ccccc3n2)[OH+]c2ccccc21. The number of aliphatic hydroxyl groups is 1. The maximum atomic E-state index is 4.73. The predicted octanol–water partition coefficient (Wildman–Crippen LogP) is 3.64. The van der Waals surface area contributed by atoms with Crippen LogP contribution in [0.15, 0.2) is 60.8 Å². The highest BCUT2D eigenvalue weighted by molar-refractivity contribution is 5.73. The number of benzene rings is 2. The molecule has 0 bridgehead atoms. The van der Waals surface area contributed by atoms with Crippen LogP contribution < -0.4 is 0 Å². The van der Waals surface area contributed by atoms with E-state index in [4.69, 9.17) is 4.74 Å². The second kappa shape index (κ2) is 4.46. The molecule has 1 unspecified atom stereocenters. The Bertz CT molecular complexity index is 811. The van der Waals surface area contributed by atoms with E-state index < -0.39 is 0 Å². The van der Waals surface area contributed by atoms with Crippen LogP contribution in [0.2, 0.25) is 0 Å². The smallest absolute Gasteiger partial charge is 0.262 e. The van der Waals surface area contributed by atoms with Gasteiger partial charge in [-0.3, -0.25) is 4.98 Å². The number of aromatic hydroxyl groups is 1. The minimum absolute atomic E-state index is 0.0537. The molecule has 0 saturated carbocycles. The fraction of sp³-hybridized carbons (Fsp3) is 0.0588. The Morgan fingerprint density at radius 1 is 0.900 bits per heavy atom. The van der Waals surface area contributed by atoms with Crippen LogP contribution in [0.4, 0.5) is 0 Å². The van der Waals surface area contributed by atoms with Crippen LogP contribution in [0.1, 0.15) is 17.4 Å². The van der Waals surface area contributed by atoms with Gasteiger partial charge in [0.25, 0.3) is 5.75 Å². The van der Waals surface area contributed by atoms with Gasteiger partial charge in [0.15, 0.2) is 5.69 Å². The standard InChI is InChI=1S/C17H12N2O/c1-4-8-16-12(5-1)9-10-17(20-16)15-11-18-13-6-2-3-7-14(13)19-15/h1-11,17H/p+1. The molecule has 0 radical (unpaired) electrons. The number of para-hydroxylation sites is 3. The summed E-state index contributed by atoms with van der Waals surface area (Å²) in [7, 11) is 0. The van der Waals surface area contributed by atoms with Crippen molar-refractivity contribution in [2.75, 3.05) is 0 Å². The highest BCUT2D eigenvalue weighted by Crippen LogP contribution is 2.32. The van der Waals surface area contributed by atoms with Crippen molar-refractivity contribution in [2.24, 2.45) is 0 Å². The summed E-state index contributed by atoms with van der Waals surface area (Å²) in [5.41, 5.74) is 3.86. The zero-order valence-corrected chi connectivity index (χ0v) is 10.8. The molecule has 96 valence electrons. The zero-order chi connectivity index (χ0) is 13.4. The van der Waals surface area contributed by atoms with Gasteiger partial charge in [0, 0.05) is 12.1 Å². The van der Waals surface area contributed by atoms with E-state index in [1.807, 2.05) is 48.7 Å². The number of hydrogen-bond donors (Lipinski definition) is 0. The van der Waals surface area contributed by atoms with E-state index in [0.717, 1.165) is 28.0 Å². The Kier molecular flexibility index (Phi) is 2.49. The Hall–Kier alpha value is -2.68. The van der Waals surface area contributed by atoms with Crippen molar-refractivity contribution in [3.8, 4) is 5.75 Å². The van der Waals surface area contributed by atoms with E-state index in [9.17, 15) is 0 Å². The first-order valence-corrected chi connectivity index (χ1v) is 6.60. The minimum atomic E-state index is -0.0537. The molecule has 1 atom stereocenters. The van der Waals surface area contributed by atoms with Crippen LogP contribution in [0.3, 0.4) is 0 Å². The summed E-state index contributed by atoms with van der Waals surface area (Å²) in [6, 6.07) is 16.0. The highest BCUT2D eigenvalue weighted by Gasteiger charge is 2.22. The quantitative estimate of drug-likeness (QED) is 0.627. The van der Waals surface area contributed by atoms with Crippen LogP contribution in [0.5, 0.6) is 5.75 Å². The largest absolute Gasteiger partial charge is 0.573 e. The average Bonchev–Trinajstić information content (AvgIpc) is 2.54. The topological polar surface area (TPSA) is 38.6 Å². The summed E-state index contributed by atoms with van der Waals surface area (Å²) in [4.78, 5) is 9.12. The van der Waals surface area contributed by atoms with Crippen LogP contribution in [0, 0.1) is 0 Å². The van der Waals surface area contributed by atoms with Crippen LogP contribution in [0.25, 0.3) is 17.1 Å². The maximum absolute atomic E-state index is 4.73. The lowest BCUT2D eigenvalue weighted by molar-refractivity contribution is 0.0107. The van der Waals surface area contributed by atoms with Gasteiger partial charge in [0.2, 0.25) is 6.10 Å². The van der Waals surface area contributed by atoms with Crippen molar-refractivity contribution >= 4 is 17.1 Å². The first kappa shape index (κ1) is 11.2. The van der Waals surface area contributed by atoms with Crippen molar-refractivity contribution in [1.29, 1.82) is 0 Å². The first-order valence-electron chi connectivity index (χ1n) is 6.60. The van der Waals surface area contributed by atoms with Gasteiger partial charge in [0.05, 0.1) is 22.8 Å². The summed E-state index contributed by atoms with van der Waals surface area (Å²) < 4.78 is 4.73. The predicted molar refractivity (Wildman–Crippen MR) is 79.4 cm³/mol. The number of aromatic nitrogens is 2. The fourth-order valence-corrected chi connectivity index (χ4v) is 2.41. The molecule has 0 aliphatic carbocycles. The number of rotatable bonds is 1. The Morgan fingerprint density at radius 2 is 1.70 bits per heavy atom. The number of ether oxygens (including phenoxy) is 1. The Balaban J connectivity index is 1.74. The lowest BCUT2D eigenvalue weighted by atomic mass is 10.1. The molecule has 3 heteroatoms. The summed E-state index contributed by atoms with van der Waals surface area (Å²) in [5, 5.41) is 0. The fourth-order valence-electron chi connectivity index (χ4n) is 2.41. The molecule has 3 nitrogen and oxygen atoms in total. The second-order valence-electron chi connectivity index (χ2n) is 4.78. The van der Waals surface area contributed by atoms with Crippen molar-refractivity contribution < 1.29 is 4.74 Å². The van der Waals surface area contributed by atoms with Gasteiger partial charge in [-0.25, -0.2) is 4.98 Å². The maximum Gasteiger partial charge on any atom is 0.262 e. The molecule has 0 fully saturated rings. The number of nitrogens with zero attached hydrogens (tertiary/aromatic N) is 2. The minimum Gasteiger partial charge on any atom is -0.573 e. The molecule has 1 N–H and O–H groups in total. The molecular weight excluding hydrogens is 248 g/mol. The summed E-state index contributed by atoms with van der Waals surface area (Å²) in [5.74, 6) is 1.01. The molecule has 3 aromatic rings. The van der Waals surface area contributed by atoms with Gasteiger partial charge >= 0.3 is 0 Å². The molecule has 0 amide bonds. The van der Waals surface area contributed by atoms with Gasteiger partial charge in [-0.05, 0) is 24.3 Å². The molecule has 20 heavy (non-hydrogen) atoms. The Labute approximate surface area is 116 Å². The van der Waals surface area contributed by atoms with E-state index in [-0.39, 0.29) is 6.10 Å². The average molecular weight is 261 g/mol. The normalized spacial score (nSPS) is 16.7. The third-order valence-corrected chi connectivity index (χ3v) is 3.44. The van der Waals surface area contributed by atoms with Crippen molar-refractivity contribution in [2.45, 2.75) is 6.10 Å². The van der Waals surface area contributed by atoms with Gasteiger partial charge in [-0.2, -0.15) is 0 Å². The van der Waals surface area contributed by atoms with E-state index in [1.165, 1.54) is 0 Å². The van der Waals surface area contributed by atoms with Crippen LogP contribution in [-0.4, -0.2) is 14.7 Å². The van der Waals surface area contributed by atoms with E-state index in [0.29, 0.717) is 0 Å². The molecule has 1 aliphatic rings. The lowest BCUT2D eigenvalue weighted by Crippen LogP contribution is -2.08. The molecule has 0 saturated heterocycles. The molecule has 1 aliphatic heterocycles. The first-order chi connectivity index (χ1) is 9.90. The van der Waals surface area contributed by atoms with E-state index in [1.54, 1.807) is 0 Å². The summed E-state index contributed by atoms with van der Waals surface area (Å²) >= 11 is 0. The number of fused-ring (bicyclic) bond motifs is 2. The van der Waals surface area contributed by atoms with E-state index in [2.05, 4.69) is 28.2 Å².